The molecule has 2 bridgehead atoms. The zero-order valence-corrected chi connectivity index (χ0v) is 14.6. The van der Waals surface area contributed by atoms with Crippen LogP contribution in [0.15, 0.2) is 0 Å². The second kappa shape index (κ2) is 7.83. The van der Waals surface area contributed by atoms with Crippen LogP contribution >= 0.6 is 12.4 Å². The van der Waals surface area contributed by atoms with Crippen molar-refractivity contribution < 1.29 is 4.74 Å². The number of nitrogens with one attached hydrogen (secondary N) is 2. The topological polar surface area (TPSA) is 33.3 Å². The van der Waals surface area contributed by atoms with E-state index in [0.717, 1.165) is 49.5 Å². The fourth-order valence-electron chi connectivity index (χ4n) is 5.77. The van der Waals surface area contributed by atoms with Crippen molar-refractivity contribution in [3.63, 3.8) is 0 Å². The van der Waals surface area contributed by atoms with Crippen LogP contribution in [0, 0.1) is 23.7 Å². The molecule has 6 unspecified atom stereocenters. The first-order valence-electron chi connectivity index (χ1n) is 9.44. The van der Waals surface area contributed by atoms with Gasteiger partial charge < -0.3 is 15.4 Å². The lowest BCUT2D eigenvalue weighted by Gasteiger charge is -2.33. The van der Waals surface area contributed by atoms with Gasteiger partial charge in [0, 0.05) is 18.6 Å². The molecule has 1 heterocycles. The Kier molecular flexibility index (Phi) is 6.05. The molecule has 1 saturated heterocycles. The molecule has 0 aromatic rings. The van der Waals surface area contributed by atoms with Crippen LogP contribution in [0.4, 0.5) is 0 Å². The van der Waals surface area contributed by atoms with E-state index in [1.807, 2.05) is 0 Å². The van der Waals surface area contributed by atoms with Gasteiger partial charge in [0.2, 0.25) is 0 Å². The summed E-state index contributed by atoms with van der Waals surface area (Å²) in [5, 5.41) is 7.60. The highest BCUT2D eigenvalue weighted by Crippen LogP contribution is 2.49. The van der Waals surface area contributed by atoms with Gasteiger partial charge in [0.15, 0.2) is 0 Å². The van der Waals surface area contributed by atoms with Crippen LogP contribution < -0.4 is 10.6 Å². The van der Waals surface area contributed by atoms with Gasteiger partial charge in [-0.1, -0.05) is 12.8 Å². The SMILES string of the molecule is C1CC(NCCC2CC3CCC2C3)C(C2COCCN2)C1.Cl. The number of fused-ring (bicyclic) bond motifs is 2. The predicted octanol–water partition coefficient (Wildman–Crippen LogP) is 2.98. The zero-order chi connectivity index (χ0) is 14.1. The Hall–Kier alpha value is 0.170. The van der Waals surface area contributed by atoms with Gasteiger partial charge in [-0.2, -0.15) is 0 Å². The molecule has 6 atom stereocenters. The largest absolute Gasteiger partial charge is 0.379 e. The Morgan fingerprint density at radius 1 is 1.09 bits per heavy atom. The summed E-state index contributed by atoms with van der Waals surface area (Å²) in [6.07, 6.45) is 11.7. The number of ether oxygens (including phenoxy) is 1. The highest BCUT2D eigenvalue weighted by molar-refractivity contribution is 5.85. The van der Waals surface area contributed by atoms with Crippen molar-refractivity contribution in [1.29, 1.82) is 0 Å². The number of morpholine rings is 1. The predicted molar refractivity (Wildman–Crippen MR) is 92.5 cm³/mol. The Balaban J connectivity index is 0.00000144. The molecule has 128 valence electrons. The van der Waals surface area contributed by atoms with Crippen LogP contribution in [-0.4, -0.2) is 38.4 Å². The van der Waals surface area contributed by atoms with E-state index in [2.05, 4.69) is 10.6 Å². The van der Waals surface area contributed by atoms with Crippen LogP contribution in [0.2, 0.25) is 0 Å². The molecule has 4 fully saturated rings. The van der Waals surface area contributed by atoms with Gasteiger partial charge in [-0.05, 0) is 68.7 Å². The highest BCUT2D eigenvalue weighted by atomic mass is 35.5. The zero-order valence-electron chi connectivity index (χ0n) is 13.8. The molecule has 3 aliphatic carbocycles. The standard InChI is InChI=1S/C18H32N2O.ClH/c1-2-16(18-12-21-9-8-20-18)17(3-1)19-7-6-15-11-13-4-5-14(15)10-13;/h13-20H,1-12H2;1H. The molecule has 3 nitrogen and oxygen atoms in total. The minimum Gasteiger partial charge on any atom is -0.379 e. The van der Waals surface area contributed by atoms with E-state index < -0.39 is 0 Å². The molecule has 0 amide bonds. The average molecular weight is 329 g/mol. The van der Waals surface area contributed by atoms with Crippen molar-refractivity contribution in [3.8, 4) is 0 Å². The summed E-state index contributed by atoms with van der Waals surface area (Å²) < 4.78 is 5.67. The molecule has 22 heavy (non-hydrogen) atoms. The van der Waals surface area contributed by atoms with Crippen LogP contribution in [0.25, 0.3) is 0 Å². The Morgan fingerprint density at radius 3 is 2.77 bits per heavy atom. The quantitative estimate of drug-likeness (QED) is 0.814. The molecule has 4 rings (SSSR count). The lowest BCUT2D eigenvalue weighted by molar-refractivity contribution is 0.0524. The maximum Gasteiger partial charge on any atom is 0.0623 e. The Bertz CT molecular complexity index is 348. The van der Waals surface area contributed by atoms with Gasteiger partial charge >= 0.3 is 0 Å². The first-order valence-corrected chi connectivity index (χ1v) is 9.44. The third kappa shape index (κ3) is 3.63. The fourth-order valence-corrected chi connectivity index (χ4v) is 5.77. The molecule has 4 heteroatoms. The molecule has 3 saturated carbocycles. The van der Waals surface area contributed by atoms with Crippen molar-refractivity contribution in [3.05, 3.63) is 0 Å². The van der Waals surface area contributed by atoms with E-state index in [9.17, 15) is 0 Å². The van der Waals surface area contributed by atoms with Crippen molar-refractivity contribution in [1.82, 2.24) is 10.6 Å². The first-order chi connectivity index (χ1) is 10.4. The van der Waals surface area contributed by atoms with Gasteiger partial charge in [-0.15, -0.1) is 12.4 Å². The normalized spacial score (nSPS) is 44.2. The van der Waals surface area contributed by atoms with Crippen molar-refractivity contribution in [2.24, 2.45) is 23.7 Å². The molecule has 2 N–H and O–H groups in total. The van der Waals surface area contributed by atoms with Gasteiger partial charge in [0.05, 0.1) is 13.2 Å². The number of hydrogen-bond donors (Lipinski definition) is 2. The molecule has 0 aromatic carbocycles. The average Bonchev–Trinajstić information content (AvgIpc) is 3.24. The summed E-state index contributed by atoms with van der Waals surface area (Å²) in [5.74, 6) is 4.03. The number of rotatable bonds is 5. The van der Waals surface area contributed by atoms with E-state index in [1.165, 1.54) is 45.1 Å². The minimum atomic E-state index is 0. The molecule has 1 aliphatic heterocycles. The van der Waals surface area contributed by atoms with Crippen molar-refractivity contribution >= 4 is 12.4 Å². The second-order valence-corrected chi connectivity index (χ2v) is 8.01. The van der Waals surface area contributed by atoms with Crippen molar-refractivity contribution in [2.45, 2.75) is 63.5 Å². The van der Waals surface area contributed by atoms with E-state index in [-0.39, 0.29) is 12.4 Å². The Morgan fingerprint density at radius 2 is 2.05 bits per heavy atom. The summed E-state index contributed by atoms with van der Waals surface area (Å²) in [4.78, 5) is 0. The summed E-state index contributed by atoms with van der Waals surface area (Å²) in [6, 6.07) is 1.34. The van der Waals surface area contributed by atoms with Gasteiger partial charge in [0.1, 0.15) is 0 Å². The van der Waals surface area contributed by atoms with E-state index in [1.54, 1.807) is 12.8 Å². The minimum absolute atomic E-state index is 0. The summed E-state index contributed by atoms with van der Waals surface area (Å²) >= 11 is 0. The van der Waals surface area contributed by atoms with Crippen molar-refractivity contribution in [2.75, 3.05) is 26.3 Å². The third-order valence-corrected chi connectivity index (χ3v) is 6.84. The summed E-state index contributed by atoms with van der Waals surface area (Å²) in [5.41, 5.74) is 0. The molecule has 0 radical (unpaired) electrons. The maximum atomic E-state index is 5.67. The van der Waals surface area contributed by atoms with Gasteiger partial charge in [-0.25, -0.2) is 0 Å². The molecular formula is C18H33ClN2O. The highest BCUT2D eigenvalue weighted by Gasteiger charge is 2.39. The molecule has 0 aromatic heterocycles. The van der Waals surface area contributed by atoms with Crippen LogP contribution in [-0.2, 0) is 4.74 Å². The lowest BCUT2D eigenvalue weighted by Crippen LogP contribution is -2.51. The van der Waals surface area contributed by atoms with E-state index in [0.29, 0.717) is 6.04 Å². The number of halogens is 1. The fraction of sp³-hybridized carbons (Fsp3) is 1.00. The summed E-state index contributed by atoms with van der Waals surface area (Å²) in [7, 11) is 0. The van der Waals surface area contributed by atoms with E-state index in [4.69, 9.17) is 4.74 Å². The van der Waals surface area contributed by atoms with Crippen LogP contribution in [0.3, 0.4) is 0 Å². The van der Waals surface area contributed by atoms with Crippen LogP contribution in [0.1, 0.15) is 51.4 Å². The van der Waals surface area contributed by atoms with Crippen LogP contribution in [0.5, 0.6) is 0 Å². The second-order valence-electron chi connectivity index (χ2n) is 8.01. The molecule has 4 aliphatic rings. The monoisotopic (exact) mass is 328 g/mol. The van der Waals surface area contributed by atoms with Gasteiger partial charge in [-0.3, -0.25) is 0 Å². The third-order valence-electron chi connectivity index (χ3n) is 6.84. The van der Waals surface area contributed by atoms with E-state index >= 15 is 0 Å². The summed E-state index contributed by atoms with van der Waals surface area (Å²) in [6.45, 7) is 4.11. The first kappa shape index (κ1) is 17.0. The lowest BCUT2D eigenvalue weighted by atomic mass is 9.86. The molecule has 0 spiro atoms. The molecular weight excluding hydrogens is 296 g/mol. The maximum absolute atomic E-state index is 5.67. The Labute approximate surface area is 141 Å². The number of hydrogen-bond acceptors (Lipinski definition) is 3. The smallest absolute Gasteiger partial charge is 0.0623 e. The van der Waals surface area contributed by atoms with Gasteiger partial charge in [0.25, 0.3) is 0 Å².